The molecule has 7 nitrogen and oxygen atoms in total. The number of fused-ring (bicyclic) bond motifs is 4. The first-order valence-electron chi connectivity index (χ1n) is 13.7. The fourth-order valence-electron chi connectivity index (χ4n) is 6.56. The number of anilines is 1. The van der Waals surface area contributed by atoms with E-state index in [0.717, 1.165) is 29.8 Å². The average Bonchev–Trinajstić information content (AvgIpc) is 2.97. The van der Waals surface area contributed by atoms with E-state index in [2.05, 4.69) is 36.9 Å². The smallest absolute Gasteiger partial charge is 0.254 e. The van der Waals surface area contributed by atoms with Crippen LogP contribution in [0.4, 0.5) is 5.69 Å². The summed E-state index contributed by atoms with van der Waals surface area (Å²) in [7, 11) is 3.24. The number of ether oxygens (including phenoxy) is 2. The van der Waals surface area contributed by atoms with Crippen LogP contribution in [-0.2, 0) is 11.2 Å². The Morgan fingerprint density at radius 3 is 2.31 bits per heavy atom. The number of carbonyl (C=O) groups excluding carboxylic acids is 2. The van der Waals surface area contributed by atoms with E-state index in [1.165, 1.54) is 16.8 Å². The SMILES string of the molecule is COc1cc2c(cc1OC)[C@H]1[C@H](C(=O)N3CCN(c4cccc(C)c4C)CC3)c3ccccc3C(=O)N1CC2. The van der Waals surface area contributed by atoms with E-state index >= 15 is 0 Å². The molecular weight excluding hydrogens is 490 g/mol. The van der Waals surface area contributed by atoms with Crippen LogP contribution in [0.3, 0.4) is 0 Å². The predicted molar refractivity (Wildman–Crippen MR) is 151 cm³/mol. The van der Waals surface area contributed by atoms with E-state index in [4.69, 9.17) is 9.47 Å². The van der Waals surface area contributed by atoms with Crippen LogP contribution >= 0.6 is 0 Å². The first kappa shape index (κ1) is 25.3. The van der Waals surface area contributed by atoms with Gasteiger partial charge in [-0.15, -0.1) is 0 Å². The highest BCUT2D eigenvalue weighted by molar-refractivity contribution is 6.01. The van der Waals surface area contributed by atoms with Gasteiger partial charge in [0.1, 0.15) is 0 Å². The minimum absolute atomic E-state index is 0.0140. The number of benzene rings is 3. The number of hydrogen-bond acceptors (Lipinski definition) is 5. The molecule has 3 aliphatic rings. The molecule has 0 unspecified atom stereocenters. The van der Waals surface area contributed by atoms with Gasteiger partial charge in [-0.1, -0.05) is 30.3 Å². The standard InChI is InChI=1S/C32H35N3O4/c1-20-8-7-11-26(21(20)2)33-14-16-34(17-15-33)32(37)29-23-9-5-6-10-24(23)31(36)35-13-12-22-18-27(38-3)28(39-4)19-25(22)30(29)35/h5-11,18-19,29-30H,12-17H2,1-4H3/t29-,30+/m1/s1. The van der Waals surface area contributed by atoms with E-state index in [9.17, 15) is 9.59 Å². The van der Waals surface area contributed by atoms with Gasteiger partial charge in [-0.05, 0) is 72.4 Å². The molecule has 0 radical (unpaired) electrons. The summed E-state index contributed by atoms with van der Waals surface area (Å²) in [5, 5.41) is 0. The van der Waals surface area contributed by atoms with Gasteiger partial charge in [-0.3, -0.25) is 9.59 Å². The third-order valence-corrected chi connectivity index (χ3v) is 8.80. The Hall–Kier alpha value is -4.00. The largest absolute Gasteiger partial charge is 0.493 e. The van der Waals surface area contributed by atoms with Crippen molar-refractivity contribution >= 4 is 17.5 Å². The van der Waals surface area contributed by atoms with Gasteiger partial charge in [0.25, 0.3) is 5.91 Å². The summed E-state index contributed by atoms with van der Waals surface area (Å²) in [6.45, 7) is 7.70. The number of nitrogens with zero attached hydrogens (tertiary/aromatic N) is 3. The molecular formula is C32H35N3O4. The minimum Gasteiger partial charge on any atom is -0.493 e. The summed E-state index contributed by atoms with van der Waals surface area (Å²) < 4.78 is 11.2. The van der Waals surface area contributed by atoms with Crippen molar-refractivity contribution < 1.29 is 19.1 Å². The number of amides is 2. The Morgan fingerprint density at radius 2 is 1.56 bits per heavy atom. The van der Waals surface area contributed by atoms with Gasteiger partial charge in [-0.25, -0.2) is 0 Å². The van der Waals surface area contributed by atoms with Crippen LogP contribution in [0.15, 0.2) is 54.6 Å². The summed E-state index contributed by atoms with van der Waals surface area (Å²) in [6, 6.07) is 17.6. The maximum absolute atomic E-state index is 14.4. The van der Waals surface area contributed by atoms with Gasteiger partial charge in [0.15, 0.2) is 11.5 Å². The summed E-state index contributed by atoms with van der Waals surface area (Å²) in [4.78, 5) is 34.4. The molecule has 1 fully saturated rings. The molecule has 3 heterocycles. The zero-order valence-corrected chi connectivity index (χ0v) is 23.1. The first-order valence-corrected chi connectivity index (χ1v) is 13.7. The zero-order valence-electron chi connectivity index (χ0n) is 23.1. The molecule has 3 aromatic carbocycles. The molecule has 0 aliphatic carbocycles. The second kappa shape index (κ2) is 9.95. The van der Waals surface area contributed by atoms with Crippen molar-refractivity contribution in [3.63, 3.8) is 0 Å². The van der Waals surface area contributed by atoms with E-state index in [-0.39, 0.29) is 17.9 Å². The van der Waals surface area contributed by atoms with Crippen LogP contribution in [0.5, 0.6) is 11.5 Å². The predicted octanol–water partition coefficient (Wildman–Crippen LogP) is 4.51. The van der Waals surface area contributed by atoms with Crippen LogP contribution in [0.25, 0.3) is 0 Å². The second-order valence-corrected chi connectivity index (χ2v) is 10.7. The topological polar surface area (TPSA) is 62.3 Å². The van der Waals surface area contributed by atoms with Crippen molar-refractivity contribution in [3.05, 3.63) is 88.0 Å². The third kappa shape index (κ3) is 4.11. The molecule has 6 rings (SSSR count). The Balaban J connectivity index is 1.36. The van der Waals surface area contributed by atoms with Gasteiger partial charge in [0, 0.05) is 44.0 Å². The average molecular weight is 526 g/mol. The molecule has 202 valence electrons. The van der Waals surface area contributed by atoms with Crippen molar-refractivity contribution in [2.24, 2.45) is 0 Å². The van der Waals surface area contributed by atoms with Gasteiger partial charge in [-0.2, -0.15) is 0 Å². The lowest BCUT2D eigenvalue weighted by atomic mass is 9.75. The number of rotatable bonds is 4. The highest BCUT2D eigenvalue weighted by Gasteiger charge is 2.48. The highest BCUT2D eigenvalue weighted by Crippen LogP contribution is 2.49. The lowest BCUT2D eigenvalue weighted by molar-refractivity contribution is -0.135. The number of carbonyl (C=O) groups is 2. The number of piperazine rings is 1. The van der Waals surface area contributed by atoms with Crippen molar-refractivity contribution in [1.29, 1.82) is 0 Å². The maximum Gasteiger partial charge on any atom is 0.254 e. The number of hydrogen-bond donors (Lipinski definition) is 0. The molecule has 2 amide bonds. The molecule has 0 saturated carbocycles. The molecule has 2 atom stereocenters. The van der Waals surface area contributed by atoms with Gasteiger partial charge < -0.3 is 24.2 Å². The number of aryl methyl sites for hydroxylation is 1. The van der Waals surface area contributed by atoms with E-state index in [0.29, 0.717) is 43.1 Å². The van der Waals surface area contributed by atoms with E-state index in [1.54, 1.807) is 14.2 Å². The molecule has 39 heavy (non-hydrogen) atoms. The first-order chi connectivity index (χ1) is 18.9. The zero-order chi connectivity index (χ0) is 27.3. The summed E-state index contributed by atoms with van der Waals surface area (Å²) >= 11 is 0. The maximum atomic E-state index is 14.4. The molecule has 3 aromatic rings. The lowest BCUT2D eigenvalue weighted by Gasteiger charge is -2.47. The van der Waals surface area contributed by atoms with Crippen LogP contribution in [0, 0.1) is 13.8 Å². The Labute approximate surface area is 229 Å². The van der Waals surface area contributed by atoms with Crippen LogP contribution in [0.2, 0.25) is 0 Å². The monoisotopic (exact) mass is 525 g/mol. The van der Waals surface area contributed by atoms with Gasteiger partial charge in [0.05, 0.1) is 26.2 Å². The van der Waals surface area contributed by atoms with Crippen molar-refractivity contribution in [2.75, 3.05) is 51.8 Å². The van der Waals surface area contributed by atoms with Crippen LogP contribution < -0.4 is 14.4 Å². The molecule has 7 heteroatoms. The van der Waals surface area contributed by atoms with Gasteiger partial charge in [0.2, 0.25) is 5.91 Å². The molecule has 0 bridgehead atoms. The molecule has 3 aliphatic heterocycles. The summed E-state index contributed by atoms with van der Waals surface area (Å²) in [5.41, 5.74) is 7.31. The normalized spacial score (nSPS) is 20.2. The quantitative estimate of drug-likeness (QED) is 0.502. The Kier molecular flexibility index (Phi) is 6.45. The van der Waals surface area contributed by atoms with E-state index in [1.807, 2.05) is 46.2 Å². The minimum atomic E-state index is -0.483. The third-order valence-electron chi connectivity index (χ3n) is 8.80. The van der Waals surface area contributed by atoms with Crippen molar-refractivity contribution in [1.82, 2.24) is 9.80 Å². The van der Waals surface area contributed by atoms with E-state index < -0.39 is 5.92 Å². The Bertz CT molecular complexity index is 1440. The highest BCUT2D eigenvalue weighted by atomic mass is 16.5. The molecule has 0 aromatic heterocycles. The van der Waals surface area contributed by atoms with Gasteiger partial charge >= 0.3 is 0 Å². The summed E-state index contributed by atoms with van der Waals surface area (Å²) in [5.74, 6) is 0.853. The molecule has 1 saturated heterocycles. The Morgan fingerprint density at radius 1 is 0.846 bits per heavy atom. The second-order valence-electron chi connectivity index (χ2n) is 10.7. The van der Waals surface area contributed by atoms with Crippen LogP contribution in [0.1, 0.15) is 50.1 Å². The fraction of sp³-hybridized carbons (Fsp3) is 0.375. The van der Waals surface area contributed by atoms with Crippen LogP contribution in [-0.4, -0.2) is 68.6 Å². The fourth-order valence-corrected chi connectivity index (χ4v) is 6.56. The lowest BCUT2D eigenvalue weighted by Crippen LogP contribution is -2.54. The van der Waals surface area contributed by atoms with Crippen molar-refractivity contribution in [2.45, 2.75) is 32.2 Å². The molecule has 0 spiro atoms. The van der Waals surface area contributed by atoms with Crippen molar-refractivity contribution in [3.8, 4) is 11.5 Å². The number of methoxy groups -OCH3 is 2. The molecule has 0 N–H and O–H groups in total. The summed E-state index contributed by atoms with van der Waals surface area (Å²) in [6.07, 6.45) is 0.704.